The van der Waals surface area contributed by atoms with Crippen LogP contribution in [0.3, 0.4) is 0 Å². The van der Waals surface area contributed by atoms with Crippen LogP contribution in [0.4, 0.5) is 0 Å². The number of H-pyrrole nitrogens is 1. The predicted molar refractivity (Wildman–Crippen MR) is 81.0 cm³/mol. The molecule has 0 aliphatic rings. The molecule has 0 aliphatic heterocycles. The van der Waals surface area contributed by atoms with E-state index in [4.69, 9.17) is 0 Å². The maximum absolute atomic E-state index is 11.7. The minimum Gasteiger partial charge on any atom is -0.361 e. The molecule has 0 atom stereocenters. The number of nitrogens with one attached hydrogen (secondary N) is 1. The Balaban J connectivity index is 2.41. The predicted octanol–water partition coefficient (Wildman–Crippen LogP) is 4.50. The smallest absolute Gasteiger partial charge is 0.156 e. The molecule has 2 aromatic rings. The lowest BCUT2D eigenvalue weighted by atomic mass is 10.0. The van der Waals surface area contributed by atoms with Crippen LogP contribution in [0.1, 0.15) is 32.8 Å². The number of rotatable bonds is 4. The van der Waals surface area contributed by atoms with Gasteiger partial charge in [-0.2, -0.15) is 0 Å². The third-order valence-electron chi connectivity index (χ3n) is 3.13. The van der Waals surface area contributed by atoms with Crippen LogP contribution in [0.2, 0.25) is 0 Å². The summed E-state index contributed by atoms with van der Waals surface area (Å²) in [6.45, 7) is 5.71. The SMILES string of the molecule is CC(=O)/C(=C/c1c[nH]c2ccccc12)CC=C(C)C. The minimum absolute atomic E-state index is 0.128. The quantitative estimate of drug-likeness (QED) is 0.631. The van der Waals surface area contributed by atoms with E-state index in [0.717, 1.165) is 22.0 Å². The van der Waals surface area contributed by atoms with Crippen molar-refractivity contribution in [1.82, 2.24) is 4.98 Å². The monoisotopic (exact) mass is 253 g/mol. The van der Waals surface area contributed by atoms with Crippen LogP contribution in [0, 0.1) is 0 Å². The Morgan fingerprint density at radius 3 is 2.63 bits per heavy atom. The molecular formula is C17H19NO. The Kier molecular flexibility index (Phi) is 4.00. The van der Waals surface area contributed by atoms with Crippen LogP contribution in [-0.2, 0) is 4.79 Å². The first-order valence-corrected chi connectivity index (χ1v) is 6.49. The maximum Gasteiger partial charge on any atom is 0.156 e. The van der Waals surface area contributed by atoms with Crippen molar-refractivity contribution in [2.45, 2.75) is 27.2 Å². The second-order valence-corrected chi connectivity index (χ2v) is 5.00. The molecule has 0 aliphatic carbocycles. The fraction of sp³-hybridized carbons (Fsp3) is 0.235. The van der Waals surface area contributed by atoms with E-state index in [0.29, 0.717) is 6.42 Å². The third-order valence-corrected chi connectivity index (χ3v) is 3.13. The van der Waals surface area contributed by atoms with Gasteiger partial charge in [0.25, 0.3) is 0 Å². The Morgan fingerprint density at radius 1 is 1.21 bits per heavy atom. The molecule has 0 radical (unpaired) electrons. The minimum atomic E-state index is 0.128. The van der Waals surface area contributed by atoms with Crippen LogP contribution in [-0.4, -0.2) is 10.8 Å². The summed E-state index contributed by atoms with van der Waals surface area (Å²) in [5, 5.41) is 1.15. The van der Waals surface area contributed by atoms with Gasteiger partial charge in [0.1, 0.15) is 0 Å². The van der Waals surface area contributed by atoms with E-state index in [1.807, 2.05) is 44.3 Å². The molecule has 1 aromatic heterocycles. The van der Waals surface area contributed by atoms with Gasteiger partial charge in [0, 0.05) is 22.7 Å². The van der Waals surface area contributed by atoms with Crippen molar-refractivity contribution in [2.24, 2.45) is 0 Å². The highest BCUT2D eigenvalue weighted by Crippen LogP contribution is 2.21. The first-order valence-electron chi connectivity index (χ1n) is 6.49. The summed E-state index contributed by atoms with van der Waals surface area (Å²) in [6, 6.07) is 8.12. The Hall–Kier alpha value is -2.09. The lowest BCUT2D eigenvalue weighted by molar-refractivity contribution is -0.113. The van der Waals surface area contributed by atoms with E-state index in [2.05, 4.69) is 17.1 Å². The molecule has 1 heterocycles. The first-order chi connectivity index (χ1) is 9.08. The van der Waals surface area contributed by atoms with Crippen LogP contribution >= 0.6 is 0 Å². The standard InChI is InChI=1S/C17H19NO/c1-12(2)8-9-14(13(3)19)10-15-11-18-17-7-5-4-6-16(15)17/h4-8,10-11,18H,9H2,1-3H3/b14-10+. The van der Waals surface area contributed by atoms with E-state index < -0.39 is 0 Å². The van der Waals surface area contributed by atoms with Gasteiger partial charge in [0.15, 0.2) is 5.78 Å². The number of hydrogen-bond donors (Lipinski definition) is 1. The van der Waals surface area contributed by atoms with Gasteiger partial charge in [-0.3, -0.25) is 4.79 Å². The second kappa shape index (κ2) is 5.70. The van der Waals surface area contributed by atoms with Crippen LogP contribution < -0.4 is 0 Å². The summed E-state index contributed by atoms with van der Waals surface area (Å²) >= 11 is 0. The molecule has 2 nitrogen and oxygen atoms in total. The molecule has 0 saturated heterocycles. The van der Waals surface area contributed by atoms with E-state index in [9.17, 15) is 4.79 Å². The van der Waals surface area contributed by atoms with Crippen LogP contribution in [0.15, 0.2) is 47.7 Å². The fourth-order valence-electron chi connectivity index (χ4n) is 2.02. The largest absolute Gasteiger partial charge is 0.361 e. The fourth-order valence-corrected chi connectivity index (χ4v) is 2.02. The molecule has 1 aromatic carbocycles. The molecule has 98 valence electrons. The van der Waals surface area contributed by atoms with Crippen LogP contribution in [0.5, 0.6) is 0 Å². The zero-order valence-corrected chi connectivity index (χ0v) is 11.7. The molecule has 0 amide bonds. The number of para-hydroxylation sites is 1. The highest BCUT2D eigenvalue weighted by molar-refractivity contribution is 6.00. The summed E-state index contributed by atoms with van der Waals surface area (Å²) in [4.78, 5) is 14.9. The van der Waals surface area contributed by atoms with Crippen LogP contribution in [0.25, 0.3) is 17.0 Å². The van der Waals surface area contributed by atoms with Crippen molar-refractivity contribution in [3.63, 3.8) is 0 Å². The van der Waals surface area contributed by atoms with Gasteiger partial charge in [0.05, 0.1) is 0 Å². The van der Waals surface area contributed by atoms with Gasteiger partial charge in [-0.25, -0.2) is 0 Å². The number of benzene rings is 1. The Labute approximate surface area is 113 Å². The second-order valence-electron chi connectivity index (χ2n) is 5.00. The van der Waals surface area contributed by atoms with Gasteiger partial charge < -0.3 is 4.98 Å². The average molecular weight is 253 g/mol. The summed E-state index contributed by atoms with van der Waals surface area (Å²) in [5.74, 6) is 0.128. The maximum atomic E-state index is 11.7. The van der Waals surface area contributed by atoms with E-state index in [1.165, 1.54) is 5.57 Å². The van der Waals surface area contributed by atoms with Gasteiger partial charge >= 0.3 is 0 Å². The molecular weight excluding hydrogens is 234 g/mol. The summed E-state index contributed by atoms with van der Waals surface area (Å²) in [6.07, 6.45) is 6.72. The van der Waals surface area contributed by atoms with Crippen molar-refractivity contribution >= 4 is 22.8 Å². The van der Waals surface area contributed by atoms with Gasteiger partial charge in [-0.15, -0.1) is 0 Å². The molecule has 0 fully saturated rings. The molecule has 0 unspecified atom stereocenters. The van der Waals surface area contributed by atoms with Crippen molar-refractivity contribution in [1.29, 1.82) is 0 Å². The topological polar surface area (TPSA) is 32.9 Å². The van der Waals surface area contributed by atoms with E-state index in [1.54, 1.807) is 6.92 Å². The van der Waals surface area contributed by atoms with Crippen molar-refractivity contribution in [3.05, 3.63) is 53.2 Å². The average Bonchev–Trinajstić information content (AvgIpc) is 2.77. The van der Waals surface area contributed by atoms with Gasteiger partial charge in [-0.1, -0.05) is 29.8 Å². The summed E-state index contributed by atoms with van der Waals surface area (Å²) in [7, 11) is 0. The van der Waals surface area contributed by atoms with Crippen molar-refractivity contribution < 1.29 is 4.79 Å². The number of aromatic amines is 1. The zero-order chi connectivity index (χ0) is 13.8. The third kappa shape index (κ3) is 3.22. The first kappa shape index (κ1) is 13.3. The lowest BCUT2D eigenvalue weighted by Gasteiger charge is -2.00. The van der Waals surface area contributed by atoms with Gasteiger partial charge in [-0.05, 0) is 44.9 Å². The highest BCUT2D eigenvalue weighted by Gasteiger charge is 2.05. The molecule has 2 rings (SSSR count). The summed E-state index contributed by atoms with van der Waals surface area (Å²) < 4.78 is 0. The zero-order valence-electron chi connectivity index (χ0n) is 11.7. The number of carbonyl (C=O) groups excluding carboxylic acids is 1. The van der Waals surface area contributed by atoms with Crippen molar-refractivity contribution in [2.75, 3.05) is 0 Å². The molecule has 0 saturated carbocycles. The highest BCUT2D eigenvalue weighted by atomic mass is 16.1. The number of carbonyl (C=O) groups is 1. The Bertz CT molecular complexity index is 655. The number of hydrogen-bond acceptors (Lipinski definition) is 1. The van der Waals surface area contributed by atoms with Crippen molar-refractivity contribution in [3.8, 4) is 0 Å². The molecule has 2 heteroatoms. The molecule has 0 spiro atoms. The van der Waals surface area contributed by atoms with E-state index in [-0.39, 0.29) is 5.78 Å². The Morgan fingerprint density at radius 2 is 1.95 bits per heavy atom. The normalized spacial score (nSPS) is 11.6. The van der Waals surface area contributed by atoms with Gasteiger partial charge in [0.2, 0.25) is 0 Å². The number of Topliss-reactive ketones (excluding diaryl/α,β-unsaturated/α-hetero) is 1. The molecule has 19 heavy (non-hydrogen) atoms. The molecule has 0 bridgehead atoms. The lowest BCUT2D eigenvalue weighted by Crippen LogP contribution is -1.95. The number of allylic oxidation sites excluding steroid dienone is 3. The van der Waals surface area contributed by atoms with E-state index >= 15 is 0 Å². The number of ketones is 1. The number of fused-ring (bicyclic) bond motifs is 1. The summed E-state index contributed by atoms with van der Waals surface area (Å²) in [5.41, 5.74) is 4.24. The number of aromatic nitrogens is 1. The molecule has 1 N–H and O–H groups in total.